The largest absolute Gasteiger partial charge is 0.381 e. The molecule has 17 nitrogen and oxygen atoms in total. The molecule has 66 heavy (non-hydrogen) atoms. The van der Waals surface area contributed by atoms with Crippen LogP contribution in [-0.4, -0.2) is 133 Å². The molecule has 0 spiro atoms. The zero-order chi connectivity index (χ0) is 46.5. The summed E-state index contributed by atoms with van der Waals surface area (Å²) in [5, 5.41) is 5.23. The first-order chi connectivity index (χ1) is 31.9. The predicted molar refractivity (Wildman–Crippen MR) is 240 cm³/mol. The number of fused-ring (bicyclic) bond motifs is 2. The molecule has 0 aliphatic carbocycles. The molecule has 8 rings (SSSR count). The average Bonchev–Trinajstić information content (AvgIpc) is 3.78. The van der Waals surface area contributed by atoms with Crippen LogP contribution < -0.4 is 10.6 Å². The highest BCUT2D eigenvalue weighted by Gasteiger charge is 2.45. The standard InChI is InChI=1S/C46H50F2N10O7S/c1-27(2)57-28(3)51-42-32(47)22-30(23-35(42)57)41-33(48)25-50-46(54-41)52-37-10-8-29(24-49-37)26-55-13-15-56(16-14-55)39(60)12-19-64-17-5-18-65-20-21-66-36-7-4-6-31-40(36)45(63)58(44(31)62)34-9-11-38(59)53-43(34)61/h4,6-8,10,22-25,27,34H,5,9,11-21,26H2,1-3H3,(H,53,59,61)(H,49,50,52,54). The third-order valence-electron chi connectivity index (χ3n) is 11.6. The number of benzene rings is 2. The quantitative estimate of drug-likeness (QED) is 0.0640. The lowest BCUT2D eigenvalue weighted by Gasteiger charge is -2.34. The number of pyridine rings is 1. The van der Waals surface area contributed by atoms with E-state index in [0.29, 0.717) is 93.4 Å². The highest BCUT2D eigenvalue weighted by atomic mass is 32.2. The van der Waals surface area contributed by atoms with Crippen molar-refractivity contribution in [3.8, 4) is 11.3 Å². The second-order valence-electron chi connectivity index (χ2n) is 16.5. The Hall–Kier alpha value is -6.22. The normalized spacial score (nSPS) is 16.7. The number of amides is 5. The third-order valence-corrected chi connectivity index (χ3v) is 12.6. The summed E-state index contributed by atoms with van der Waals surface area (Å²) < 4.78 is 43.5. The fourth-order valence-corrected chi connectivity index (χ4v) is 9.34. The lowest BCUT2D eigenvalue weighted by molar-refractivity contribution is -0.136. The topological polar surface area (TPSA) is 194 Å². The second kappa shape index (κ2) is 20.5. The van der Waals surface area contributed by atoms with Gasteiger partial charge in [-0.3, -0.25) is 39.1 Å². The number of rotatable bonds is 18. The van der Waals surface area contributed by atoms with Crippen LogP contribution in [0.25, 0.3) is 22.3 Å². The van der Waals surface area contributed by atoms with Gasteiger partial charge in [-0.1, -0.05) is 12.1 Å². The summed E-state index contributed by atoms with van der Waals surface area (Å²) in [6, 6.07) is 10.7. The molecule has 2 fully saturated rings. The molecule has 3 aliphatic rings. The van der Waals surface area contributed by atoms with Crippen molar-refractivity contribution < 1.29 is 42.2 Å². The molecule has 0 bridgehead atoms. The Balaban J connectivity index is 0.703. The van der Waals surface area contributed by atoms with Crippen LogP contribution in [0.3, 0.4) is 0 Å². The molecule has 5 amide bonds. The van der Waals surface area contributed by atoms with Gasteiger partial charge < -0.3 is 24.3 Å². The number of piperazine rings is 1. The molecule has 3 aromatic heterocycles. The van der Waals surface area contributed by atoms with E-state index in [9.17, 15) is 24.0 Å². The fraction of sp³-hybridized carbons (Fsp3) is 0.413. The molecule has 6 heterocycles. The number of carbonyl (C=O) groups excluding carboxylic acids is 5. The van der Waals surface area contributed by atoms with E-state index in [-0.39, 0.29) is 65.1 Å². The molecular weight excluding hydrogens is 875 g/mol. The average molecular weight is 925 g/mol. The van der Waals surface area contributed by atoms with Crippen molar-refractivity contribution >= 4 is 64.1 Å². The van der Waals surface area contributed by atoms with Gasteiger partial charge in [0.25, 0.3) is 11.8 Å². The number of aryl methyl sites for hydroxylation is 1. The van der Waals surface area contributed by atoms with Crippen molar-refractivity contribution in [2.24, 2.45) is 0 Å². The molecule has 2 N–H and O–H groups in total. The van der Waals surface area contributed by atoms with Crippen molar-refractivity contribution in [3.05, 3.63) is 89.0 Å². The van der Waals surface area contributed by atoms with Crippen molar-refractivity contribution in [1.82, 2.24) is 44.5 Å². The van der Waals surface area contributed by atoms with Crippen molar-refractivity contribution in [2.45, 2.75) is 70.0 Å². The first-order valence-electron chi connectivity index (χ1n) is 21.9. The molecule has 346 valence electrons. The number of aromatic nitrogens is 5. The van der Waals surface area contributed by atoms with Gasteiger partial charge >= 0.3 is 0 Å². The number of hydrogen-bond donors (Lipinski definition) is 2. The number of halogens is 2. The van der Waals surface area contributed by atoms with Crippen LogP contribution >= 0.6 is 11.8 Å². The number of nitrogens with one attached hydrogen (secondary N) is 2. The minimum absolute atomic E-state index is 0.0237. The van der Waals surface area contributed by atoms with Crippen LogP contribution in [-0.2, 0) is 30.4 Å². The number of ether oxygens (including phenoxy) is 2. The number of imidazole rings is 1. The van der Waals surface area contributed by atoms with Gasteiger partial charge in [-0.2, -0.15) is 0 Å². The molecule has 1 unspecified atom stereocenters. The van der Waals surface area contributed by atoms with E-state index < -0.39 is 41.3 Å². The Morgan fingerprint density at radius 1 is 0.924 bits per heavy atom. The summed E-state index contributed by atoms with van der Waals surface area (Å²) in [5.41, 5.74) is 2.50. The van der Waals surface area contributed by atoms with Crippen molar-refractivity contribution in [2.75, 3.05) is 63.7 Å². The minimum Gasteiger partial charge on any atom is -0.381 e. The molecule has 3 aliphatic heterocycles. The SMILES string of the molecule is Cc1nc2c(F)cc(-c3nc(Nc4ccc(CN5CCN(C(=O)CCOCCCOCCSc6cccc7c6C(=O)N(C6CCC(=O)NC6=O)C7=O)CC5)cn4)ncc3F)cc2n1C(C)C. The number of thioether (sulfide) groups is 1. The summed E-state index contributed by atoms with van der Waals surface area (Å²) >= 11 is 1.39. The summed E-state index contributed by atoms with van der Waals surface area (Å²) in [6.07, 6.45) is 3.88. The summed E-state index contributed by atoms with van der Waals surface area (Å²) in [4.78, 5) is 86.2. The monoisotopic (exact) mass is 924 g/mol. The smallest absolute Gasteiger partial charge is 0.263 e. The van der Waals surface area contributed by atoms with Crippen LogP contribution in [0.15, 0.2) is 59.8 Å². The van der Waals surface area contributed by atoms with Gasteiger partial charge in [-0.05, 0) is 69.5 Å². The summed E-state index contributed by atoms with van der Waals surface area (Å²) in [7, 11) is 0. The molecule has 1 atom stereocenters. The lowest BCUT2D eigenvalue weighted by atomic mass is 10.0. The number of imide groups is 2. The molecule has 2 aromatic carbocycles. The van der Waals surface area contributed by atoms with Gasteiger partial charge in [0.2, 0.25) is 23.7 Å². The molecular formula is C46H50F2N10O7S. The van der Waals surface area contributed by atoms with Crippen molar-refractivity contribution in [1.29, 1.82) is 0 Å². The molecule has 0 radical (unpaired) electrons. The van der Waals surface area contributed by atoms with Gasteiger partial charge in [0.05, 0.1) is 42.5 Å². The van der Waals surface area contributed by atoms with Crippen LogP contribution in [0.5, 0.6) is 0 Å². The first kappa shape index (κ1) is 46.3. The zero-order valence-corrected chi connectivity index (χ0v) is 37.7. The van der Waals surface area contributed by atoms with Gasteiger partial charge in [-0.25, -0.2) is 28.7 Å². The zero-order valence-electron chi connectivity index (χ0n) is 36.8. The second-order valence-corrected chi connectivity index (χ2v) is 17.6. The van der Waals surface area contributed by atoms with Crippen LogP contribution in [0.1, 0.15) is 77.7 Å². The molecule has 5 aromatic rings. The fourth-order valence-electron chi connectivity index (χ4n) is 8.41. The number of carbonyl (C=O) groups is 5. The summed E-state index contributed by atoms with van der Waals surface area (Å²) in [6.45, 7) is 10.6. The number of nitrogens with zero attached hydrogens (tertiary/aromatic N) is 8. The highest BCUT2D eigenvalue weighted by Crippen LogP contribution is 2.35. The lowest BCUT2D eigenvalue weighted by Crippen LogP contribution is -2.54. The Morgan fingerprint density at radius 3 is 2.45 bits per heavy atom. The van der Waals surface area contributed by atoms with Crippen LogP contribution in [0, 0.1) is 18.6 Å². The van der Waals surface area contributed by atoms with Gasteiger partial charge in [-0.15, -0.1) is 11.8 Å². The highest BCUT2D eigenvalue weighted by molar-refractivity contribution is 7.99. The maximum atomic E-state index is 15.1. The van der Waals surface area contributed by atoms with E-state index in [1.165, 1.54) is 17.8 Å². The van der Waals surface area contributed by atoms with Gasteiger partial charge in [0.1, 0.15) is 28.9 Å². The number of hydrogen-bond acceptors (Lipinski definition) is 14. The number of piperidine rings is 1. The van der Waals surface area contributed by atoms with E-state index >= 15 is 8.78 Å². The maximum absolute atomic E-state index is 15.1. The Kier molecular flexibility index (Phi) is 14.4. The summed E-state index contributed by atoms with van der Waals surface area (Å²) in [5.74, 6) is -1.57. The van der Waals surface area contributed by atoms with Crippen LogP contribution in [0.4, 0.5) is 20.5 Å². The minimum atomic E-state index is -1.01. The van der Waals surface area contributed by atoms with Crippen molar-refractivity contribution in [3.63, 3.8) is 0 Å². The first-order valence-corrected chi connectivity index (χ1v) is 22.9. The third kappa shape index (κ3) is 10.3. The Bertz CT molecular complexity index is 2660. The number of anilines is 2. The van der Waals surface area contributed by atoms with E-state index in [1.807, 2.05) is 36.3 Å². The molecule has 20 heteroatoms. The van der Waals surface area contributed by atoms with Gasteiger partial charge in [0, 0.05) is 80.8 Å². The van der Waals surface area contributed by atoms with E-state index in [2.05, 4.69) is 35.5 Å². The van der Waals surface area contributed by atoms with E-state index in [4.69, 9.17) is 9.47 Å². The van der Waals surface area contributed by atoms with Gasteiger partial charge in [0.15, 0.2) is 11.6 Å². The van der Waals surface area contributed by atoms with Crippen LogP contribution in [0.2, 0.25) is 0 Å². The van der Waals surface area contributed by atoms with E-state index in [0.717, 1.165) is 16.7 Å². The van der Waals surface area contributed by atoms with E-state index in [1.54, 1.807) is 36.5 Å². The molecule has 2 saturated heterocycles. The molecule has 0 saturated carbocycles. The predicted octanol–water partition coefficient (Wildman–Crippen LogP) is 5.45. The Morgan fingerprint density at radius 2 is 1.71 bits per heavy atom. The Labute approximate surface area is 383 Å². The maximum Gasteiger partial charge on any atom is 0.263 e.